The van der Waals surface area contributed by atoms with Gasteiger partial charge < -0.3 is 10.2 Å². The molecule has 1 N–H and O–H groups in total. The van der Waals surface area contributed by atoms with Crippen LogP contribution in [0, 0.1) is 6.92 Å². The Morgan fingerprint density at radius 3 is 2.34 bits per heavy atom. The number of nitrogens with one attached hydrogen (secondary N) is 1. The average molecular weight is 549 g/mol. The number of hydrogen-bond acceptors (Lipinski definition) is 3. The van der Waals surface area contributed by atoms with Crippen molar-refractivity contribution in [1.29, 1.82) is 0 Å². The Hall–Kier alpha value is -2.76. The molecule has 38 heavy (non-hydrogen) atoms. The molecule has 1 unspecified atom stereocenters. The Balaban J connectivity index is 1.56. The molecule has 0 heterocycles. The maximum absolute atomic E-state index is 13.8. The highest BCUT2D eigenvalue weighted by Crippen LogP contribution is 2.22. The first-order valence-electron chi connectivity index (χ1n) is 13.5. The number of hydrogen-bond donors (Lipinski definition) is 1. The quantitative estimate of drug-likeness (QED) is 0.281. The second-order valence-electron chi connectivity index (χ2n) is 10.2. The van der Waals surface area contributed by atoms with Crippen molar-refractivity contribution in [3.63, 3.8) is 0 Å². The minimum atomic E-state index is -0.580. The molecular weight excluding hydrogens is 512 g/mol. The van der Waals surface area contributed by atoms with Crippen molar-refractivity contribution in [2.24, 2.45) is 0 Å². The first-order chi connectivity index (χ1) is 18.5. The van der Waals surface area contributed by atoms with Gasteiger partial charge in [-0.3, -0.25) is 9.59 Å². The van der Waals surface area contributed by atoms with Crippen LogP contribution in [0.2, 0.25) is 5.02 Å². The van der Waals surface area contributed by atoms with Crippen LogP contribution in [0.25, 0.3) is 0 Å². The number of benzene rings is 3. The number of aryl methyl sites for hydroxylation is 1. The maximum atomic E-state index is 13.8. The lowest BCUT2D eigenvalue weighted by Gasteiger charge is -2.33. The second-order valence-corrected chi connectivity index (χ2v) is 11.6. The Labute approximate surface area is 236 Å². The van der Waals surface area contributed by atoms with E-state index in [2.05, 4.69) is 24.4 Å². The third kappa shape index (κ3) is 8.64. The van der Waals surface area contributed by atoms with Gasteiger partial charge in [-0.2, -0.15) is 0 Å². The van der Waals surface area contributed by atoms with Gasteiger partial charge in [-0.1, -0.05) is 103 Å². The van der Waals surface area contributed by atoms with E-state index in [-0.39, 0.29) is 17.9 Å². The summed E-state index contributed by atoms with van der Waals surface area (Å²) < 4.78 is 0. The number of halogens is 1. The van der Waals surface area contributed by atoms with E-state index in [9.17, 15) is 9.59 Å². The summed E-state index contributed by atoms with van der Waals surface area (Å²) in [5.41, 5.74) is 4.34. The number of carbonyl (C=O) groups is 2. The van der Waals surface area contributed by atoms with E-state index in [0.29, 0.717) is 29.5 Å². The summed E-state index contributed by atoms with van der Waals surface area (Å²) in [5.74, 6) is 0.935. The molecule has 1 aliphatic rings. The molecule has 4 nitrogen and oxygen atoms in total. The van der Waals surface area contributed by atoms with Crippen molar-refractivity contribution in [2.45, 2.75) is 69.8 Å². The van der Waals surface area contributed by atoms with Gasteiger partial charge in [-0.15, -0.1) is 11.8 Å². The van der Waals surface area contributed by atoms with E-state index in [1.807, 2.05) is 66.7 Å². The minimum Gasteiger partial charge on any atom is -0.352 e. The largest absolute Gasteiger partial charge is 0.352 e. The zero-order valence-electron chi connectivity index (χ0n) is 22.1. The molecule has 200 valence electrons. The van der Waals surface area contributed by atoms with Crippen molar-refractivity contribution in [2.75, 3.05) is 5.75 Å². The highest BCUT2D eigenvalue weighted by molar-refractivity contribution is 7.99. The Bertz CT molecular complexity index is 1180. The fraction of sp³-hybridized carbons (Fsp3) is 0.375. The molecule has 3 aromatic carbocycles. The van der Waals surface area contributed by atoms with Gasteiger partial charge in [0.2, 0.25) is 11.8 Å². The van der Waals surface area contributed by atoms with Crippen LogP contribution in [0.15, 0.2) is 78.9 Å². The van der Waals surface area contributed by atoms with Crippen molar-refractivity contribution in [3.8, 4) is 0 Å². The first kappa shape index (κ1) is 28.3. The Morgan fingerprint density at radius 1 is 0.921 bits per heavy atom. The molecule has 1 saturated carbocycles. The molecular formula is C32H37ClN2O2S. The monoisotopic (exact) mass is 548 g/mol. The standard InChI is InChI=1S/C32H37ClN2O2S/c1-24-9-8-12-27(19-24)21-35(31(36)23-38-22-26-15-17-28(33)18-16-26)30(20-25-10-4-2-5-11-25)32(37)34-29-13-6-3-7-14-29/h2,4-5,8-12,15-19,29-30H,3,6-7,13-14,20-23H2,1H3,(H,34,37). The van der Waals surface area contributed by atoms with Crippen LogP contribution in [0.1, 0.15) is 54.4 Å². The van der Waals surface area contributed by atoms with Crippen LogP contribution in [0.4, 0.5) is 0 Å². The van der Waals surface area contributed by atoms with Gasteiger partial charge in [-0.25, -0.2) is 0 Å². The molecule has 1 fully saturated rings. The molecule has 0 bridgehead atoms. The van der Waals surface area contributed by atoms with Crippen molar-refractivity contribution >= 4 is 35.2 Å². The van der Waals surface area contributed by atoms with Crippen LogP contribution in [-0.2, 0) is 28.3 Å². The third-order valence-electron chi connectivity index (χ3n) is 7.07. The average Bonchev–Trinajstić information content (AvgIpc) is 2.93. The van der Waals surface area contributed by atoms with E-state index in [0.717, 1.165) is 47.9 Å². The van der Waals surface area contributed by atoms with Crippen molar-refractivity contribution in [3.05, 3.63) is 106 Å². The highest BCUT2D eigenvalue weighted by atomic mass is 35.5. The number of carbonyl (C=O) groups excluding carboxylic acids is 2. The number of amides is 2. The van der Waals surface area contributed by atoms with E-state index < -0.39 is 6.04 Å². The molecule has 0 aromatic heterocycles. The van der Waals surface area contributed by atoms with Crippen LogP contribution >= 0.6 is 23.4 Å². The van der Waals surface area contributed by atoms with Gasteiger partial charge >= 0.3 is 0 Å². The van der Waals surface area contributed by atoms with E-state index in [4.69, 9.17) is 11.6 Å². The molecule has 6 heteroatoms. The van der Waals surface area contributed by atoms with Crippen LogP contribution in [0.3, 0.4) is 0 Å². The summed E-state index contributed by atoms with van der Waals surface area (Å²) in [6.07, 6.45) is 6.00. The molecule has 0 aliphatic heterocycles. The Kier molecular flexibility index (Phi) is 10.7. The zero-order chi connectivity index (χ0) is 26.7. The molecule has 3 aromatic rings. The molecule has 0 saturated heterocycles. The maximum Gasteiger partial charge on any atom is 0.243 e. The van der Waals surface area contributed by atoms with Gasteiger partial charge in [0.05, 0.1) is 5.75 Å². The van der Waals surface area contributed by atoms with Crippen molar-refractivity contribution < 1.29 is 9.59 Å². The molecule has 0 spiro atoms. The smallest absolute Gasteiger partial charge is 0.243 e. The minimum absolute atomic E-state index is 0.0230. The summed E-state index contributed by atoms with van der Waals surface area (Å²) in [6.45, 7) is 2.45. The number of rotatable bonds is 11. The molecule has 1 aliphatic carbocycles. The summed E-state index contributed by atoms with van der Waals surface area (Å²) in [5, 5.41) is 4.01. The fourth-order valence-electron chi connectivity index (χ4n) is 5.03. The predicted molar refractivity (Wildman–Crippen MR) is 158 cm³/mol. The number of nitrogens with zero attached hydrogens (tertiary/aromatic N) is 1. The summed E-state index contributed by atoms with van der Waals surface area (Å²) in [7, 11) is 0. The molecule has 1 atom stereocenters. The lowest BCUT2D eigenvalue weighted by atomic mass is 9.94. The molecule has 0 radical (unpaired) electrons. The van der Waals surface area contributed by atoms with Gasteiger partial charge in [0.25, 0.3) is 0 Å². The second kappa shape index (κ2) is 14.4. The topological polar surface area (TPSA) is 49.4 Å². The summed E-state index contributed by atoms with van der Waals surface area (Å²) in [4.78, 5) is 29.4. The van der Waals surface area contributed by atoms with Crippen LogP contribution in [-0.4, -0.2) is 34.6 Å². The lowest BCUT2D eigenvalue weighted by Crippen LogP contribution is -2.53. The molecule has 4 rings (SSSR count). The van der Waals surface area contributed by atoms with Crippen molar-refractivity contribution in [1.82, 2.24) is 10.2 Å². The Morgan fingerprint density at radius 2 is 1.63 bits per heavy atom. The van der Waals surface area contributed by atoms with Gasteiger partial charge in [-0.05, 0) is 48.6 Å². The number of thioether (sulfide) groups is 1. The molecule has 2 amide bonds. The SMILES string of the molecule is Cc1cccc(CN(C(=O)CSCc2ccc(Cl)cc2)C(Cc2ccccc2)C(=O)NC2CCCCC2)c1. The van der Waals surface area contributed by atoms with E-state index in [1.165, 1.54) is 6.42 Å². The van der Waals surface area contributed by atoms with E-state index in [1.54, 1.807) is 16.7 Å². The van der Waals surface area contributed by atoms with E-state index >= 15 is 0 Å². The zero-order valence-corrected chi connectivity index (χ0v) is 23.6. The predicted octanol–water partition coefficient (Wildman–Crippen LogP) is 6.97. The van der Waals surface area contributed by atoms with Gasteiger partial charge in [0, 0.05) is 29.8 Å². The highest BCUT2D eigenvalue weighted by Gasteiger charge is 2.31. The fourth-order valence-corrected chi connectivity index (χ4v) is 6.02. The van der Waals surface area contributed by atoms with Crippen LogP contribution in [0.5, 0.6) is 0 Å². The van der Waals surface area contributed by atoms with Crippen LogP contribution < -0.4 is 5.32 Å². The summed E-state index contributed by atoms with van der Waals surface area (Å²) >= 11 is 7.59. The normalized spacial score (nSPS) is 14.6. The van der Waals surface area contributed by atoms with Gasteiger partial charge in [0.1, 0.15) is 6.04 Å². The lowest BCUT2D eigenvalue weighted by molar-refractivity contribution is -0.139. The summed E-state index contributed by atoms with van der Waals surface area (Å²) in [6, 6.07) is 25.5. The third-order valence-corrected chi connectivity index (χ3v) is 8.31. The first-order valence-corrected chi connectivity index (χ1v) is 15.0. The van der Waals surface area contributed by atoms with Gasteiger partial charge in [0.15, 0.2) is 0 Å².